The Kier molecular flexibility index (Phi) is 7.81. The molecular weight excluding hydrogens is 340 g/mol. The van der Waals surface area contributed by atoms with Crippen molar-refractivity contribution in [1.29, 1.82) is 0 Å². The predicted molar refractivity (Wildman–Crippen MR) is 97.0 cm³/mol. The van der Waals surface area contributed by atoms with E-state index in [0.717, 1.165) is 31.5 Å². The van der Waals surface area contributed by atoms with Crippen LogP contribution in [-0.2, 0) is 16.0 Å². The van der Waals surface area contributed by atoms with Gasteiger partial charge in [-0.2, -0.15) is 0 Å². The third kappa shape index (κ3) is 5.68. The van der Waals surface area contributed by atoms with E-state index in [4.69, 9.17) is 4.74 Å². The highest BCUT2D eigenvalue weighted by molar-refractivity contribution is 5.81. The molecule has 1 aliphatic rings. The number of nitrogens with zero attached hydrogens (tertiary/aromatic N) is 2. The highest BCUT2D eigenvalue weighted by Crippen LogP contribution is 2.18. The summed E-state index contributed by atoms with van der Waals surface area (Å²) in [5.74, 6) is -0.515. The maximum Gasteiger partial charge on any atom is 0.310 e. The number of carbonyl (C=O) groups excluding carboxylic acids is 1. The van der Waals surface area contributed by atoms with E-state index in [1.807, 2.05) is 11.8 Å². The Morgan fingerprint density at radius 3 is 2.92 bits per heavy atom. The van der Waals surface area contributed by atoms with Gasteiger partial charge >= 0.3 is 5.97 Å². The zero-order valence-corrected chi connectivity index (χ0v) is 15.4. The van der Waals surface area contributed by atoms with E-state index in [1.54, 1.807) is 6.92 Å². The van der Waals surface area contributed by atoms with E-state index in [1.165, 1.54) is 6.07 Å². The molecule has 0 radical (unpaired) electrons. The van der Waals surface area contributed by atoms with Crippen LogP contribution < -0.4 is 5.32 Å². The van der Waals surface area contributed by atoms with Crippen molar-refractivity contribution in [3.05, 3.63) is 35.4 Å². The topological polar surface area (TPSA) is 53.9 Å². The molecule has 1 unspecified atom stereocenters. The number of ether oxygens (including phenoxy) is 1. The van der Waals surface area contributed by atoms with Gasteiger partial charge < -0.3 is 15.0 Å². The van der Waals surface area contributed by atoms with Gasteiger partial charge in [-0.3, -0.25) is 9.79 Å². The molecule has 1 atom stereocenters. The Labute approximate surface area is 153 Å². The molecule has 26 heavy (non-hydrogen) atoms. The summed E-state index contributed by atoms with van der Waals surface area (Å²) in [6.07, 6.45) is 2.00. The lowest BCUT2D eigenvalue weighted by Gasteiger charge is -2.34. The van der Waals surface area contributed by atoms with Crippen molar-refractivity contribution < 1.29 is 18.3 Å². The molecule has 0 aromatic heterocycles. The van der Waals surface area contributed by atoms with E-state index in [0.29, 0.717) is 44.2 Å². The second kappa shape index (κ2) is 10.1. The minimum absolute atomic E-state index is 0.159. The number of esters is 1. The molecule has 7 heteroatoms. The summed E-state index contributed by atoms with van der Waals surface area (Å²) >= 11 is 0. The average molecular weight is 367 g/mol. The van der Waals surface area contributed by atoms with Crippen molar-refractivity contribution in [2.24, 2.45) is 10.9 Å². The quantitative estimate of drug-likeness (QED) is 0.477. The van der Waals surface area contributed by atoms with Crippen LogP contribution in [0, 0.1) is 17.6 Å². The van der Waals surface area contributed by atoms with Crippen molar-refractivity contribution in [1.82, 2.24) is 10.2 Å². The number of carbonyl (C=O) groups is 1. The number of piperidine rings is 1. The summed E-state index contributed by atoms with van der Waals surface area (Å²) in [5.41, 5.74) is 0.313. The lowest BCUT2D eigenvalue weighted by atomic mass is 9.98. The van der Waals surface area contributed by atoms with Crippen LogP contribution in [0.15, 0.2) is 23.2 Å². The summed E-state index contributed by atoms with van der Waals surface area (Å²) < 4.78 is 32.1. The second-order valence-corrected chi connectivity index (χ2v) is 6.26. The van der Waals surface area contributed by atoms with Crippen LogP contribution in [-0.4, -0.2) is 49.6 Å². The predicted octanol–water partition coefficient (Wildman–Crippen LogP) is 2.75. The van der Waals surface area contributed by atoms with Crippen LogP contribution in [0.25, 0.3) is 0 Å². The lowest BCUT2D eigenvalue weighted by molar-refractivity contribution is -0.149. The normalized spacial score (nSPS) is 17.9. The summed E-state index contributed by atoms with van der Waals surface area (Å²) in [7, 11) is 0. The number of likely N-dealkylation sites (tertiary alicyclic amines) is 1. The van der Waals surface area contributed by atoms with Crippen LogP contribution >= 0.6 is 0 Å². The Hall–Kier alpha value is -2.18. The fraction of sp³-hybridized carbons (Fsp3) is 0.579. The standard InChI is InChI=1S/C19H27F2N3O2/c1-3-22-19(23-10-9-14-12-16(20)7-8-17(14)21)24-11-5-6-15(13-24)18(25)26-4-2/h7-8,12,15H,3-6,9-11,13H2,1-2H3,(H,22,23). The minimum Gasteiger partial charge on any atom is -0.466 e. The van der Waals surface area contributed by atoms with Crippen LogP contribution in [0.2, 0.25) is 0 Å². The van der Waals surface area contributed by atoms with Gasteiger partial charge in [0.25, 0.3) is 0 Å². The van der Waals surface area contributed by atoms with Crippen LogP contribution in [0.1, 0.15) is 32.3 Å². The van der Waals surface area contributed by atoms with E-state index >= 15 is 0 Å². The third-order valence-corrected chi connectivity index (χ3v) is 4.33. The Morgan fingerprint density at radius 2 is 2.19 bits per heavy atom. The Bertz CT molecular complexity index is 637. The largest absolute Gasteiger partial charge is 0.466 e. The molecule has 0 amide bonds. The maximum atomic E-state index is 13.7. The van der Waals surface area contributed by atoms with Crippen LogP contribution in [0.4, 0.5) is 8.78 Å². The Balaban J connectivity index is 2.01. The molecule has 1 saturated heterocycles. The van der Waals surface area contributed by atoms with Gasteiger partial charge in [-0.15, -0.1) is 0 Å². The minimum atomic E-state index is -0.453. The summed E-state index contributed by atoms with van der Waals surface area (Å²) in [6, 6.07) is 3.44. The van der Waals surface area contributed by atoms with Gasteiger partial charge in [0.15, 0.2) is 5.96 Å². The van der Waals surface area contributed by atoms with E-state index < -0.39 is 11.6 Å². The summed E-state index contributed by atoms with van der Waals surface area (Å²) in [5, 5.41) is 3.21. The number of guanidine groups is 1. The van der Waals surface area contributed by atoms with Gasteiger partial charge in [0, 0.05) is 26.2 Å². The van der Waals surface area contributed by atoms with Crippen molar-refractivity contribution in [2.45, 2.75) is 33.1 Å². The molecule has 1 aromatic rings. The molecule has 1 aromatic carbocycles. The fourth-order valence-electron chi connectivity index (χ4n) is 3.06. The van der Waals surface area contributed by atoms with Gasteiger partial charge in [0.2, 0.25) is 0 Å². The number of halogens is 2. The lowest BCUT2D eigenvalue weighted by Crippen LogP contribution is -2.48. The third-order valence-electron chi connectivity index (χ3n) is 4.33. The number of nitrogens with one attached hydrogen (secondary N) is 1. The van der Waals surface area contributed by atoms with Gasteiger partial charge in [-0.1, -0.05) is 0 Å². The van der Waals surface area contributed by atoms with Gasteiger partial charge in [0.1, 0.15) is 11.6 Å². The summed E-state index contributed by atoms with van der Waals surface area (Å²) in [4.78, 5) is 18.6. The van der Waals surface area contributed by atoms with Crippen LogP contribution in [0.3, 0.4) is 0 Å². The number of hydrogen-bond acceptors (Lipinski definition) is 3. The monoisotopic (exact) mass is 367 g/mol. The van der Waals surface area contributed by atoms with Crippen LogP contribution in [0.5, 0.6) is 0 Å². The average Bonchev–Trinajstić information content (AvgIpc) is 2.64. The molecular formula is C19H27F2N3O2. The fourth-order valence-corrected chi connectivity index (χ4v) is 3.06. The molecule has 1 fully saturated rings. The molecule has 0 spiro atoms. The molecule has 0 saturated carbocycles. The van der Waals surface area contributed by atoms with E-state index in [-0.39, 0.29) is 11.9 Å². The molecule has 5 nitrogen and oxygen atoms in total. The highest BCUT2D eigenvalue weighted by atomic mass is 19.1. The molecule has 0 aliphatic carbocycles. The smallest absolute Gasteiger partial charge is 0.310 e. The number of benzene rings is 1. The Morgan fingerprint density at radius 1 is 1.38 bits per heavy atom. The van der Waals surface area contributed by atoms with Gasteiger partial charge in [0.05, 0.1) is 12.5 Å². The number of rotatable bonds is 6. The number of aliphatic imine (C=N–C) groups is 1. The van der Waals surface area contributed by atoms with Crippen molar-refractivity contribution >= 4 is 11.9 Å². The number of hydrogen-bond donors (Lipinski definition) is 1. The second-order valence-electron chi connectivity index (χ2n) is 6.26. The van der Waals surface area contributed by atoms with E-state index in [9.17, 15) is 13.6 Å². The first kappa shape index (κ1) is 20.1. The first-order valence-electron chi connectivity index (χ1n) is 9.19. The van der Waals surface area contributed by atoms with Crippen molar-refractivity contribution in [3.63, 3.8) is 0 Å². The van der Waals surface area contributed by atoms with Crippen molar-refractivity contribution in [2.75, 3.05) is 32.8 Å². The molecule has 144 valence electrons. The molecule has 1 N–H and O–H groups in total. The molecule has 1 aliphatic heterocycles. The zero-order chi connectivity index (χ0) is 18.9. The summed E-state index contributed by atoms with van der Waals surface area (Å²) in [6.45, 7) is 6.53. The first-order valence-corrected chi connectivity index (χ1v) is 9.19. The van der Waals surface area contributed by atoms with Gasteiger partial charge in [-0.05, 0) is 56.9 Å². The SMILES string of the molecule is CCNC(=NCCc1cc(F)ccc1F)N1CCCC(C(=O)OCC)C1. The molecule has 0 bridgehead atoms. The van der Waals surface area contributed by atoms with E-state index in [2.05, 4.69) is 10.3 Å². The highest BCUT2D eigenvalue weighted by Gasteiger charge is 2.28. The first-order chi connectivity index (χ1) is 12.5. The molecule has 2 rings (SSSR count). The maximum absolute atomic E-state index is 13.7. The van der Waals surface area contributed by atoms with Crippen molar-refractivity contribution in [3.8, 4) is 0 Å². The van der Waals surface area contributed by atoms with Gasteiger partial charge in [-0.25, -0.2) is 8.78 Å². The zero-order valence-electron chi connectivity index (χ0n) is 15.4. The molecule has 1 heterocycles.